The van der Waals surface area contributed by atoms with Crippen LogP contribution in [0.2, 0.25) is 0 Å². The van der Waals surface area contributed by atoms with E-state index in [1.165, 1.54) is 11.8 Å². The molecule has 0 saturated heterocycles. The molecule has 0 radical (unpaired) electrons. The van der Waals surface area contributed by atoms with Crippen LogP contribution in [0, 0.1) is 0 Å². The van der Waals surface area contributed by atoms with Gasteiger partial charge in [0.05, 0.1) is 37.6 Å². The molecule has 2 heterocycles. The van der Waals surface area contributed by atoms with E-state index in [1.807, 2.05) is 46.3 Å². The molecule has 8 nitrogen and oxygen atoms in total. The molecule has 33 heavy (non-hydrogen) atoms. The number of hydrogen-bond acceptors (Lipinski definition) is 8. The SMILES string of the molecule is COc1cc(NC(=O)CSc2nnc(-c3cccs3)n2-c2ccccc2OC)cc(OC)c1. The van der Waals surface area contributed by atoms with Crippen LogP contribution in [-0.4, -0.2) is 47.8 Å². The highest BCUT2D eigenvalue weighted by Crippen LogP contribution is 2.34. The van der Waals surface area contributed by atoms with Crippen molar-refractivity contribution in [2.24, 2.45) is 0 Å². The number of nitrogens with one attached hydrogen (secondary N) is 1. The molecule has 0 unspecified atom stereocenters. The Morgan fingerprint density at radius 3 is 2.42 bits per heavy atom. The largest absolute Gasteiger partial charge is 0.497 e. The number of benzene rings is 2. The van der Waals surface area contributed by atoms with Crippen LogP contribution in [-0.2, 0) is 4.79 Å². The van der Waals surface area contributed by atoms with Gasteiger partial charge in [-0.15, -0.1) is 21.5 Å². The van der Waals surface area contributed by atoms with Crippen LogP contribution < -0.4 is 19.5 Å². The van der Waals surface area contributed by atoms with Gasteiger partial charge in [0.2, 0.25) is 5.91 Å². The van der Waals surface area contributed by atoms with Crippen LogP contribution in [0.3, 0.4) is 0 Å². The Bertz CT molecular complexity index is 1220. The Hall–Kier alpha value is -3.50. The van der Waals surface area contributed by atoms with Crippen LogP contribution in [0.1, 0.15) is 0 Å². The number of aromatic nitrogens is 3. The molecular formula is C23H22N4O4S2. The van der Waals surface area contributed by atoms with E-state index in [9.17, 15) is 4.79 Å². The molecule has 0 bridgehead atoms. The number of para-hydroxylation sites is 2. The molecule has 4 rings (SSSR count). The zero-order valence-electron chi connectivity index (χ0n) is 18.3. The maximum Gasteiger partial charge on any atom is 0.234 e. The van der Waals surface area contributed by atoms with Gasteiger partial charge in [-0.2, -0.15) is 0 Å². The molecule has 1 N–H and O–H groups in total. The molecule has 170 valence electrons. The minimum Gasteiger partial charge on any atom is -0.497 e. The molecule has 10 heteroatoms. The number of amides is 1. The van der Waals surface area contributed by atoms with Crippen LogP contribution in [0.25, 0.3) is 16.4 Å². The van der Waals surface area contributed by atoms with Gasteiger partial charge in [-0.1, -0.05) is 30.0 Å². The first-order valence-electron chi connectivity index (χ1n) is 9.91. The lowest BCUT2D eigenvalue weighted by Crippen LogP contribution is -2.14. The maximum atomic E-state index is 12.7. The molecule has 2 aromatic carbocycles. The van der Waals surface area contributed by atoms with E-state index in [2.05, 4.69) is 15.5 Å². The minimum absolute atomic E-state index is 0.136. The first kappa shape index (κ1) is 22.7. The Kier molecular flexibility index (Phi) is 7.16. The van der Waals surface area contributed by atoms with E-state index in [4.69, 9.17) is 14.2 Å². The molecule has 0 spiro atoms. The average Bonchev–Trinajstić information content (AvgIpc) is 3.52. The summed E-state index contributed by atoms with van der Waals surface area (Å²) in [6, 6.07) is 16.8. The predicted molar refractivity (Wildman–Crippen MR) is 130 cm³/mol. The fourth-order valence-electron chi connectivity index (χ4n) is 3.17. The van der Waals surface area contributed by atoms with Crippen molar-refractivity contribution in [3.63, 3.8) is 0 Å². The van der Waals surface area contributed by atoms with Gasteiger partial charge in [-0.25, -0.2) is 0 Å². The number of thiophene rings is 1. The van der Waals surface area contributed by atoms with Crippen LogP contribution >= 0.6 is 23.1 Å². The number of nitrogens with zero attached hydrogens (tertiary/aromatic N) is 3. The number of methoxy groups -OCH3 is 3. The highest BCUT2D eigenvalue weighted by Gasteiger charge is 2.20. The van der Waals surface area contributed by atoms with Crippen molar-refractivity contribution < 1.29 is 19.0 Å². The highest BCUT2D eigenvalue weighted by molar-refractivity contribution is 7.99. The van der Waals surface area contributed by atoms with Gasteiger partial charge in [-0.05, 0) is 23.6 Å². The van der Waals surface area contributed by atoms with Gasteiger partial charge in [0.1, 0.15) is 17.2 Å². The third kappa shape index (κ3) is 5.12. The quantitative estimate of drug-likeness (QED) is 0.344. The van der Waals surface area contributed by atoms with Crippen molar-refractivity contribution in [2.45, 2.75) is 5.16 Å². The fraction of sp³-hybridized carbons (Fsp3) is 0.174. The zero-order chi connectivity index (χ0) is 23.2. The standard InChI is InChI=1S/C23H22N4O4S2/c1-29-16-11-15(12-17(13-16)30-2)24-21(28)14-33-23-26-25-22(20-9-6-10-32-20)27(23)18-7-4-5-8-19(18)31-3/h4-13H,14H2,1-3H3,(H,24,28). The van der Waals surface area contributed by atoms with Gasteiger partial charge in [-0.3, -0.25) is 9.36 Å². The van der Waals surface area contributed by atoms with Gasteiger partial charge in [0.15, 0.2) is 11.0 Å². The first-order valence-corrected chi connectivity index (χ1v) is 11.8. The Labute approximate surface area is 199 Å². The maximum absolute atomic E-state index is 12.7. The lowest BCUT2D eigenvalue weighted by molar-refractivity contribution is -0.113. The molecule has 2 aromatic heterocycles. The summed E-state index contributed by atoms with van der Waals surface area (Å²) in [4.78, 5) is 13.7. The Morgan fingerprint density at radius 1 is 1.00 bits per heavy atom. The highest BCUT2D eigenvalue weighted by atomic mass is 32.2. The van der Waals surface area contributed by atoms with E-state index in [0.29, 0.717) is 33.9 Å². The number of ether oxygens (including phenoxy) is 3. The molecule has 0 aliphatic rings. The molecule has 0 aliphatic heterocycles. The number of hydrogen-bond donors (Lipinski definition) is 1. The van der Waals surface area contributed by atoms with Crippen LogP contribution in [0.4, 0.5) is 5.69 Å². The van der Waals surface area contributed by atoms with E-state index in [1.54, 1.807) is 50.9 Å². The zero-order valence-corrected chi connectivity index (χ0v) is 19.9. The Balaban J connectivity index is 1.58. The predicted octanol–water partition coefficient (Wildman–Crippen LogP) is 4.75. The summed E-state index contributed by atoms with van der Waals surface area (Å²) in [5.41, 5.74) is 1.39. The lowest BCUT2D eigenvalue weighted by atomic mass is 10.2. The topological polar surface area (TPSA) is 87.5 Å². The van der Waals surface area contributed by atoms with Gasteiger partial charge >= 0.3 is 0 Å². The number of rotatable bonds is 9. The van der Waals surface area contributed by atoms with Crippen LogP contribution in [0.15, 0.2) is 65.1 Å². The normalized spacial score (nSPS) is 10.6. The summed E-state index contributed by atoms with van der Waals surface area (Å²) in [6.07, 6.45) is 0. The summed E-state index contributed by atoms with van der Waals surface area (Å²) in [5, 5.41) is 14.2. The van der Waals surface area contributed by atoms with Gasteiger partial charge in [0.25, 0.3) is 0 Å². The minimum atomic E-state index is -0.192. The Morgan fingerprint density at radius 2 is 1.76 bits per heavy atom. The van der Waals surface area contributed by atoms with Crippen molar-refractivity contribution in [1.29, 1.82) is 0 Å². The number of carbonyl (C=O) groups excluding carboxylic acids is 1. The summed E-state index contributed by atoms with van der Waals surface area (Å²) in [7, 11) is 4.74. The van der Waals surface area contributed by atoms with Crippen LogP contribution in [0.5, 0.6) is 17.2 Å². The second kappa shape index (κ2) is 10.4. The first-order chi connectivity index (χ1) is 16.1. The van der Waals surface area contributed by atoms with Crippen molar-refractivity contribution in [3.05, 3.63) is 60.0 Å². The second-order valence-corrected chi connectivity index (χ2v) is 8.62. The van der Waals surface area contributed by atoms with Crippen molar-refractivity contribution in [3.8, 4) is 33.6 Å². The van der Waals surface area contributed by atoms with Crippen molar-refractivity contribution >= 4 is 34.7 Å². The third-order valence-electron chi connectivity index (χ3n) is 4.67. The van der Waals surface area contributed by atoms with Crippen molar-refractivity contribution in [2.75, 3.05) is 32.4 Å². The summed E-state index contributed by atoms with van der Waals surface area (Å²) in [5.74, 6) is 2.50. The number of carbonyl (C=O) groups is 1. The molecule has 0 atom stereocenters. The number of thioether (sulfide) groups is 1. The molecular weight excluding hydrogens is 460 g/mol. The van der Waals surface area contributed by atoms with Gasteiger partial charge in [0, 0.05) is 23.9 Å². The molecule has 0 aliphatic carbocycles. The third-order valence-corrected chi connectivity index (χ3v) is 6.46. The van der Waals surface area contributed by atoms with E-state index in [-0.39, 0.29) is 11.7 Å². The van der Waals surface area contributed by atoms with E-state index >= 15 is 0 Å². The molecule has 1 amide bonds. The smallest absolute Gasteiger partial charge is 0.234 e. The van der Waals surface area contributed by atoms with E-state index < -0.39 is 0 Å². The fourth-order valence-corrected chi connectivity index (χ4v) is 4.61. The average molecular weight is 483 g/mol. The lowest BCUT2D eigenvalue weighted by Gasteiger charge is -2.13. The molecule has 0 saturated carbocycles. The second-order valence-electron chi connectivity index (χ2n) is 6.73. The summed E-state index contributed by atoms with van der Waals surface area (Å²) in [6.45, 7) is 0. The molecule has 4 aromatic rings. The number of anilines is 1. The van der Waals surface area contributed by atoms with Gasteiger partial charge < -0.3 is 19.5 Å². The van der Waals surface area contributed by atoms with Crippen molar-refractivity contribution in [1.82, 2.24) is 14.8 Å². The monoisotopic (exact) mass is 482 g/mol. The van der Waals surface area contributed by atoms with E-state index in [0.717, 1.165) is 10.6 Å². The molecule has 0 fully saturated rings. The summed E-state index contributed by atoms with van der Waals surface area (Å²) < 4.78 is 18.0. The summed E-state index contributed by atoms with van der Waals surface area (Å²) >= 11 is 2.86.